The highest BCUT2D eigenvalue weighted by Gasteiger charge is 1.97. The summed E-state index contributed by atoms with van der Waals surface area (Å²) < 4.78 is 8.21. The molecule has 2 nitrogen and oxygen atoms in total. The zero-order chi connectivity index (χ0) is 7.84. The maximum absolute atomic E-state index is 4.11. The number of fused-ring (bicyclic) bond motifs is 1. The second kappa shape index (κ2) is 2.13. The first-order valence-electron chi connectivity index (χ1n) is 3.18. The van der Waals surface area contributed by atoms with Crippen LogP contribution in [0.5, 0.6) is 0 Å². The van der Waals surface area contributed by atoms with E-state index in [2.05, 4.69) is 21.9 Å². The maximum Gasteiger partial charge on any atom is 0.112 e. The molecule has 0 saturated heterocycles. The van der Waals surface area contributed by atoms with Gasteiger partial charge in [0.2, 0.25) is 0 Å². The molecule has 1 aromatic heterocycles. The van der Waals surface area contributed by atoms with Crippen molar-refractivity contribution < 1.29 is 0 Å². The Kier molecular flexibility index (Phi) is 1.26. The molecular formula is C8H6N2S. The minimum Gasteiger partial charge on any atom is -0.172 e. The second-order valence-electron chi connectivity index (χ2n) is 2.35. The molecule has 0 radical (unpaired) electrons. The number of hydrogen-bond acceptors (Lipinski definition) is 3. The SMILES string of the molecule is C=c1ccc(=C)c2nsnc12. The van der Waals surface area contributed by atoms with Gasteiger partial charge < -0.3 is 0 Å². The summed E-state index contributed by atoms with van der Waals surface area (Å²) in [4.78, 5) is 0. The van der Waals surface area contributed by atoms with Gasteiger partial charge in [-0.15, -0.1) is 0 Å². The fraction of sp³-hybridized carbons (Fsp3) is 0. The summed E-state index contributed by atoms with van der Waals surface area (Å²) >= 11 is 1.20. The Morgan fingerprint density at radius 2 is 1.45 bits per heavy atom. The zero-order valence-electron chi connectivity index (χ0n) is 5.87. The molecule has 0 aliphatic heterocycles. The summed E-state index contributed by atoms with van der Waals surface area (Å²) in [5, 5.41) is 1.84. The molecule has 1 aromatic carbocycles. The quantitative estimate of drug-likeness (QED) is 0.564. The Bertz CT molecular complexity index is 442. The number of rotatable bonds is 0. The maximum atomic E-state index is 4.11. The van der Waals surface area contributed by atoms with Crippen molar-refractivity contribution in [2.24, 2.45) is 0 Å². The smallest absolute Gasteiger partial charge is 0.112 e. The molecule has 0 aliphatic carbocycles. The van der Waals surface area contributed by atoms with Gasteiger partial charge in [-0.1, -0.05) is 25.3 Å². The molecule has 0 N–H and O–H groups in total. The Balaban J connectivity index is 3.21. The first kappa shape index (κ1) is 6.49. The van der Waals surface area contributed by atoms with Gasteiger partial charge in [0.15, 0.2) is 0 Å². The van der Waals surface area contributed by atoms with E-state index in [1.165, 1.54) is 11.7 Å². The lowest BCUT2D eigenvalue weighted by molar-refractivity contribution is 1.56. The van der Waals surface area contributed by atoms with Crippen LogP contribution in [0.25, 0.3) is 24.2 Å². The fourth-order valence-electron chi connectivity index (χ4n) is 0.969. The second-order valence-corrected chi connectivity index (χ2v) is 2.87. The minimum absolute atomic E-state index is 0.877. The lowest BCUT2D eigenvalue weighted by atomic mass is 10.2. The van der Waals surface area contributed by atoms with E-state index in [1.54, 1.807) is 0 Å². The summed E-state index contributed by atoms with van der Waals surface area (Å²) in [5.41, 5.74) is 1.75. The molecule has 0 saturated carbocycles. The molecule has 54 valence electrons. The molecule has 0 atom stereocenters. The molecule has 2 rings (SSSR count). The molecule has 0 spiro atoms. The van der Waals surface area contributed by atoms with E-state index >= 15 is 0 Å². The third-order valence-corrected chi connectivity index (χ3v) is 2.11. The van der Waals surface area contributed by atoms with E-state index in [9.17, 15) is 0 Å². The van der Waals surface area contributed by atoms with Crippen LogP contribution in [0.4, 0.5) is 0 Å². The first-order valence-corrected chi connectivity index (χ1v) is 3.91. The number of benzene rings is 1. The molecule has 0 unspecified atom stereocenters. The van der Waals surface area contributed by atoms with Gasteiger partial charge in [0.1, 0.15) is 11.0 Å². The predicted octanol–water partition coefficient (Wildman–Crippen LogP) is 0.512. The standard InChI is InChI=1S/C8H6N2S/c1-5-3-4-6(2)8-7(5)9-11-10-8/h3-4H,1-2H2. The van der Waals surface area contributed by atoms with Crippen LogP contribution in [0, 0.1) is 0 Å². The summed E-state index contributed by atoms with van der Waals surface area (Å²) in [6, 6.07) is 3.82. The fourth-order valence-corrected chi connectivity index (χ4v) is 1.58. The van der Waals surface area contributed by atoms with E-state index in [1.807, 2.05) is 12.1 Å². The normalized spacial score (nSPS) is 10.5. The van der Waals surface area contributed by atoms with Crippen LogP contribution in [0.15, 0.2) is 12.1 Å². The van der Waals surface area contributed by atoms with Gasteiger partial charge >= 0.3 is 0 Å². The summed E-state index contributed by atoms with van der Waals surface area (Å²) in [6.45, 7) is 7.68. The monoisotopic (exact) mass is 162 g/mol. The average Bonchev–Trinajstić information content (AvgIpc) is 2.45. The van der Waals surface area contributed by atoms with Crippen LogP contribution >= 0.6 is 11.7 Å². The van der Waals surface area contributed by atoms with Crippen molar-refractivity contribution in [3.05, 3.63) is 22.6 Å². The van der Waals surface area contributed by atoms with Gasteiger partial charge in [0.25, 0.3) is 0 Å². The van der Waals surface area contributed by atoms with Gasteiger partial charge in [0.05, 0.1) is 11.7 Å². The van der Waals surface area contributed by atoms with Crippen molar-refractivity contribution in [2.75, 3.05) is 0 Å². The van der Waals surface area contributed by atoms with Crippen molar-refractivity contribution in [3.8, 4) is 0 Å². The van der Waals surface area contributed by atoms with Gasteiger partial charge in [-0.05, 0) is 10.4 Å². The Hall–Kier alpha value is -1.22. The summed E-state index contributed by atoms with van der Waals surface area (Å²) in [5.74, 6) is 0. The highest BCUT2D eigenvalue weighted by molar-refractivity contribution is 7.00. The van der Waals surface area contributed by atoms with Gasteiger partial charge in [-0.2, -0.15) is 8.75 Å². The molecule has 0 fully saturated rings. The van der Waals surface area contributed by atoms with E-state index in [-0.39, 0.29) is 0 Å². The molecule has 0 aliphatic rings. The summed E-state index contributed by atoms with van der Waals surface area (Å²) in [6.07, 6.45) is 0. The van der Waals surface area contributed by atoms with E-state index in [4.69, 9.17) is 0 Å². The summed E-state index contributed by atoms with van der Waals surface area (Å²) in [7, 11) is 0. The minimum atomic E-state index is 0.877. The molecule has 2 aromatic rings. The average molecular weight is 162 g/mol. The van der Waals surface area contributed by atoms with Crippen LogP contribution in [-0.4, -0.2) is 8.75 Å². The largest absolute Gasteiger partial charge is 0.172 e. The van der Waals surface area contributed by atoms with Crippen molar-refractivity contribution in [1.29, 1.82) is 0 Å². The lowest BCUT2D eigenvalue weighted by Crippen LogP contribution is -2.07. The lowest BCUT2D eigenvalue weighted by Gasteiger charge is -1.85. The number of nitrogens with zero attached hydrogens (tertiary/aromatic N) is 2. The van der Waals surface area contributed by atoms with Crippen molar-refractivity contribution >= 4 is 35.9 Å². The van der Waals surface area contributed by atoms with Crippen LogP contribution in [0.1, 0.15) is 0 Å². The molecule has 1 heterocycles. The van der Waals surface area contributed by atoms with Crippen LogP contribution < -0.4 is 10.4 Å². The third kappa shape index (κ3) is 0.851. The highest BCUT2D eigenvalue weighted by Crippen LogP contribution is 1.98. The highest BCUT2D eigenvalue weighted by atomic mass is 32.1. The van der Waals surface area contributed by atoms with Gasteiger partial charge in [0, 0.05) is 0 Å². The topological polar surface area (TPSA) is 25.8 Å². The van der Waals surface area contributed by atoms with Gasteiger partial charge in [-0.25, -0.2) is 0 Å². The van der Waals surface area contributed by atoms with Crippen LogP contribution in [0.3, 0.4) is 0 Å². The Morgan fingerprint density at radius 3 is 1.91 bits per heavy atom. The van der Waals surface area contributed by atoms with Crippen molar-refractivity contribution in [2.45, 2.75) is 0 Å². The van der Waals surface area contributed by atoms with Crippen molar-refractivity contribution in [1.82, 2.24) is 8.75 Å². The third-order valence-electron chi connectivity index (χ3n) is 1.58. The van der Waals surface area contributed by atoms with Gasteiger partial charge in [-0.3, -0.25) is 0 Å². The Morgan fingerprint density at radius 1 is 1.00 bits per heavy atom. The van der Waals surface area contributed by atoms with E-state index < -0.39 is 0 Å². The first-order chi connectivity index (χ1) is 5.29. The van der Waals surface area contributed by atoms with Crippen LogP contribution in [0.2, 0.25) is 0 Å². The molecule has 3 heteroatoms. The zero-order valence-corrected chi connectivity index (χ0v) is 6.69. The van der Waals surface area contributed by atoms with E-state index in [0.29, 0.717) is 0 Å². The number of hydrogen-bond donors (Lipinski definition) is 0. The van der Waals surface area contributed by atoms with Crippen LogP contribution in [-0.2, 0) is 0 Å². The number of aromatic nitrogens is 2. The predicted molar refractivity (Wildman–Crippen MR) is 47.7 cm³/mol. The van der Waals surface area contributed by atoms with Crippen molar-refractivity contribution in [3.63, 3.8) is 0 Å². The Labute approximate surface area is 67.8 Å². The molecule has 0 bridgehead atoms. The molecule has 0 amide bonds. The molecule has 11 heavy (non-hydrogen) atoms. The molecular weight excluding hydrogens is 156 g/mol. The van der Waals surface area contributed by atoms with E-state index in [0.717, 1.165) is 21.5 Å².